The van der Waals surface area contributed by atoms with Crippen molar-refractivity contribution in [2.24, 2.45) is 5.92 Å². The molecule has 0 unspecified atom stereocenters. The summed E-state index contributed by atoms with van der Waals surface area (Å²) in [4.78, 5) is 17.6. The summed E-state index contributed by atoms with van der Waals surface area (Å²) in [6.07, 6.45) is 2.62. The van der Waals surface area contributed by atoms with Gasteiger partial charge in [-0.3, -0.25) is 15.6 Å². The van der Waals surface area contributed by atoms with Crippen molar-refractivity contribution in [3.8, 4) is 0 Å². The van der Waals surface area contributed by atoms with Crippen LogP contribution in [0, 0.1) is 12.8 Å². The smallest absolute Gasteiger partial charge is 0.281 e. The van der Waals surface area contributed by atoms with Crippen LogP contribution in [-0.2, 0) is 16.4 Å². The lowest BCUT2D eigenvalue weighted by atomic mass is 10.1. The van der Waals surface area contributed by atoms with E-state index in [0.717, 1.165) is 24.3 Å². The van der Waals surface area contributed by atoms with E-state index < -0.39 is 10.0 Å². The Hall–Kier alpha value is -1.97. The Labute approximate surface area is 163 Å². The van der Waals surface area contributed by atoms with Crippen LogP contribution in [-0.4, -0.2) is 25.4 Å². The molecule has 1 fully saturated rings. The summed E-state index contributed by atoms with van der Waals surface area (Å²) < 4.78 is 26.9. The highest BCUT2D eigenvalue weighted by molar-refractivity contribution is 7.89. The topological polar surface area (TPSA) is 100 Å². The summed E-state index contributed by atoms with van der Waals surface area (Å²) >= 11 is 1.40. The second-order valence-electron chi connectivity index (χ2n) is 7.12. The number of amides is 1. The molecule has 1 amide bonds. The Morgan fingerprint density at radius 3 is 2.52 bits per heavy atom. The van der Waals surface area contributed by atoms with Gasteiger partial charge in [0.2, 0.25) is 10.0 Å². The molecule has 27 heavy (non-hydrogen) atoms. The minimum absolute atomic E-state index is 0.0651. The monoisotopic (exact) mass is 408 g/mol. The summed E-state index contributed by atoms with van der Waals surface area (Å²) in [5.74, 6) is 0.223. The summed E-state index contributed by atoms with van der Waals surface area (Å²) in [5.41, 5.74) is 6.76. The van der Waals surface area contributed by atoms with Crippen LogP contribution in [0.15, 0.2) is 29.2 Å². The highest BCUT2D eigenvalue weighted by Crippen LogP contribution is 2.23. The lowest BCUT2D eigenvalue weighted by Crippen LogP contribution is -2.29. The standard InChI is InChI=1S/C18H24N4O3S2/c1-11(2)10-16-19-12(3)17(26-16)18(23)21-20-13-6-8-15(9-7-13)27(24,25)22-14-4-5-14/h6-9,11,14,20,22H,4-5,10H2,1-3H3,(H,21,23). The van der Waals surface area contributed by atoms with E-state index in [9.17, 15) is 13.2 Å². The molecule has 1 aliphatic carbocycles. The minimum Gasteiger partial charge on any atom is -0.298 e. The average molecular weight is 409 g/mol. The van der Waals surface area contributed by atoms with Crippen molar-refractivity contribution in [1.82, 2.24) is 15.1 Å². The molecule has 0 atom stereocenters. The van der Waals surface area contributed by atoms with E-state index >= 15 is 0 Å². The summed E-state index contributed by atoms with van der Waals surface area (Å²) in [5, 5.41) is 0.949. The van der Waals surface area contributed by atoms with Gasteiger partial charge in [0.1, 0.15) is 4.88 Å². The highest BCUT2D eigenvalue weighted by Gasteiger charge is 2.27. The molecule has 0 saturated heterocycles. The number of nitrogens with zero attached hydrogens (tertiary/aromatic N) is 1. The Morgan fingerprint density at radius 2 is 1.93 bits per heavy atom. The van der Waals surface area contributed by atoms with Gasteiger partial charge in [-0.2, -0.15) is 0 Å². The number of carbonyl (C=O) groups is 1. The Kier molecular flexibility index (Phi) is 5.83. The number of benzene rings is 1. The second kappa shape index (κ2) is 7.95. The number of aromatic nitrogens is 1. The normalized spacial score (nSPS) is 14.4. The van der Waals surface area contributed by atoms with Crippen LogP contribution in [0.25, 0.3) is 0 Å². The first-order valence-electron chi connectivity index (χ1n) is 8.89. The number of aryl methyl sites for hydroxylation is 1. The summed E-state index contributed by atoms with van der Waals surface area (Å²) in [7, 11) is -3.47. The van der Waals surface area contributed by atoms with Crippen molar-refractivity contribution in [2.75, 3.05) is 5.43 Å². The van der Waals surface area contributed by atoms with Crippen molar-refractivity contribution in [2.45, 2.75) is 51.0 Å². The van der Waals surface area contributed by atoms with Crippen LogP contribution in [0.2, 0.25) is 0 Å². The number of hydrazine groups is 1. The van der Waals surface area contributed by atoms with Gasteiger partial charge >= 0.3 is 0 Å². The fraction of sp³-hybridized carbons (Fsp3) is 0.444. The lowest BCUT2D eigenvalue weighted by molar-refractivity contribution is 0.0966. The molecule has 1 aliphatic rings. The van der Waals surface area contributed by atoms with Gasteiger partial charge in [0.15, 0.2) is 0 Å². The number of anilines is 1. The molecule has 3 rings (SSSR count). The van der Waals surface area contributed by atoms with Gasteiger partial charge in [0.25, 0.3) is 5.91 Å². The number of hydrogen-bond acceptors (Lipinski definition) is 6. The van der Waals surface area contributed by atoms with Crippen molar-refractivity contribution in [3.05, 3.63) is 39.8 Å². The zero-order chi connectivity index (χ0) is 19.6. The van der Waals surface area contributed by atoms with Crippen molar-refractivity contribution >= 4 is 33.0 Å². The molecule has 146 valence electrons. The molecule has 1 saturated carbocycles. The summed E-state index contributed by atoms with van der Waals surface area (Å²) in [6.45, 7) is 6.05. The molecule has 1 aromatic heterocycles. The number of nitrogens with one attached hydrogen (secondary N) is 3. The number of thiazole rings is 1. The van der Waals surface area contributed by atoms with Gasteiger partial charge in [-0.1, -0.05) is 13.8 Å². The van der Waals surface area contributed by atoms with Crippen molar-refractivity contribution in [3.63, 3.8) is 0 Å². The van der Waals surface area contributed by atoms with Crippen molar-refractivity contribution < 1.29 is 13.2 Å². The van der Waals surface area contributed by atoms with Gasteiger partial charge < -0.3 is 0 Å². The van der Waals surface area contributed by atoms with Gasteiger partial charge in [-0.05, 0) is 49.9 Å². The van der Waals surface area contributed by atoms with Gasteiger partial charge in [0.05, 0.1) is 21.3 Å². The lowest BCUT2D eigenvalue weighted by Gasteiger charge is -2.09. The Bertz CT molecular complexity index is 917. The fourth-order valence-electron chi connectivity index (χ4n) is 2.49. The predicted molar refractivity (Wildman–Crippen MR) is 106 cm³/mol. The molecular formula is C18H24N4O3S2. The third-order valence-electron chi connectivity index (χ3n) is 4.01. The molecule has 0 radical (unpaired) electrons. The molecular weight excluding hydrogens is 384 g/mol. The molecule has 0 bridgehead atoms. The van der Waals surface area contributed by atoms with Gasteiger partial charge in [-0.25, -0.2) is 18.1 Å². The van der Waals surface area contributed by atoms with Crippen molar-refractivity contribution in [1.29, 1.82) is 0 Å². The number of sulfonamides is 1. The molecule has 0 aliphatic heterocycles. The zero-order valence-corrected chi connectivity index (χ0v) is 17.2. The predicted octanol–water partition coefficient (Wildman–Crippen LogP) is 2.85. The minimum atomic E-state index is -3.47. The maximum Gasteiger partial charge on any atom is 0.281 e. The average Bonchev–Trinajstić information content (AvgIpc) is 3.32. The second-order valence-corrected chi connectivity index (χ2v) is 9.92. The first-order chi connectivity index (χ1) is 12.7. The number of hydrogen-bond donors (Lipinski definition) is 3. The number of rotatable bonds is 8. The van der Waals surface area contributed by atoms with Crippen LogP contribution < -0.4 is 15.6 Å². The highest BCUT2D eigenvalue weighted by atomic mass is 32.2. The Balaban J connectivity index is 1.59. The van der Waals surface area contributed by atoms with E-state index in [4.69, 9.17) is 0 Å². The van der Waals surface area contributed by atoms with Gasteiger partial charge in [0, 0.05) is 12.5 Å². The fourth-order valence-corrected chi connectivity index (χ4v) is 4.97. The van der Waals surface area contributed by atoms with E-state index in [1.807, 2.05) is 6.92 Å². The third-order valence-corrected chi connectivity index (χ3v) is 6.73. The third kappa shape index (κ3) is 5.27. The SMILES string of the molecule is Cc1nc(CC(C)C)sc1C(=O)NNc1ccc(S(=O)(=O)NC2CC2)cc1. The molecule has 1 heterocycles. The van der Waals surface area contributed by atoms with Crippen LogP contribution >= 0.6 is 11.3 Å². The maximum absolute atomic E-state index is 12.4. The van der Waals surface area contributed by atoms with E-state index in [1.165, 1.54) is 23.5 Å². The molecule has 2 aromatic rings. The van der Waals surface area contributed by atoms with Gasteiger partial charge in [-0.15, -0.1) is 11.3 Å². The molecule has 3 N–H and O–H groups in total. The van der Waals surface area contributed by atoms with Crippen LogP contribution in [0.1, 0.15) is 47.1 Å². The molecule has 0 spiro atoms. The van der Waals surface area contributed by atoms with Crippen LogP contribution in [0.4, 0.5) is 5.69 Å². The maximum atomic E-state index is 12.4. The van der Waals surface area contributed by atoms with E-state index in [2.05, 4.69) is 34.4 Å². The molecule has 9 heteroatoms. The molecule has 7 nitrogen and oxygen atoms in total. The summed E-state index contributed by atoms with van der Waals surface area (Å²) in [6, 6.07) is 6.32. The molecule has 1 aromatic carbocycles. The van der Waals surface area contributed by atoms with Crippen LogP contribution in [0.5, 0.6) is 0 Å². The van der Waals surface area contributed by atoms with Crippen LogP contribution in [0.3, 0.4) is 0 Å². The first-order valence-corrected chi connectivity index (χ1v) is 11.2. The Morgan fingerprint density at radius 1 is 1.26 bits per heavy atom. The van der Waals surface area contributed by atoms with E-state index in [1.54, 1.807) is 12.1 Å². The van der Waals surface area contributed by atoms with E-state index in [-0.39, 0.29) is 16.8 Å². The largest absolute Gasteiger partial charge is 0.298 e. The first kappa shape index (κ1) is 19.8. The quantitative estimate of drug-likeness (QED) is 0.583. The van der Waals surface area contributed by atoms with E-state index in [0.29, 0.717) is 22.2 Å². The zero-order valence-electron chi connectivity index (χ0n) is 15.6. The number of carbonyl (C=O) groups excluding carboxylic acids is 1.